The van der Waals surface area contributed by atoms with Crippen LogP contribution >= 0.6 is 11.8 Å². The Hall–Kier alpha value is 0.0900. The average Bonchev–Trinajstić information content (AvgIpc) is 1.65. The Balaban J connectivity index is 2.56. The highest BCUT2D eigenvalue weighted by molar-refractivity contribution is 8.02. The van der Waals surface area contributed by atoms with Gasteiger partial charge in [0, 0.05) is 0 Å². The Kier molecular flexibility index (Phi) is 1.66. The lowest BCUT2D eigenvalue weighted by atomic mass is 9.91. The topological polar surface area (TPSA) is 0 Å². The molecule has 0 aromatic heterocycles. The van der Waals surface area contributed by atoms with E-state index in [0.717, 1.165) is 0 Å². The van der Waals surface area contributed by atoms with E-state index in [1.54, 1.807) is 0 Å². The molecule has 46 valence electrons. The molecule has 1 aliphatic heterocycles. The Bertz CT molecular complexity index is 103. The van der Waals surface area contributed by atoms with Crippen LogP contribution < -0.4 is 0 Å². The zero-order valence-corrected chi connectivity index (χ0v) is 6.29. The van der Waals surface area contributed by atoms with Gasteiger partial charge in [-0.05, 0) is 23.0 Å². The van der Waals surface area contributed by atoms with Crippen LogP contribution in [0.3, 0.4) is 0 Å². The standard InChI is InChI=1S/C7H12S/c1-7(2)3-5-8-6-4-7/h3,5H,4,6H2,1-2H3. The monoisotopic (exact) mass is 128 g/mol. The van der Waals surface area contributed by atoms with Gasteiger partial charge in [0.25, 0.3) is 0 Å². The maximum atomic E-state index is 2.29. The third kappa shape index (κ3) is 1.55. The van der Waals surface area contributed by atoms with Gasteiger partial charge < -0.3 is 0 Å². The van der Waals surface area contributed by atoms with Crippen LogP contribution in [0.4, 0.5) is 0 Å². The average molecular weight is 128 g/mol. The molecule has 1 rings (SSSR count). The molecule has 1 aliphatic rings. The van der Waals surface area contributed by atoms with Gasteiger partial charge in [-0.15, -0.1) is 11.8 Å². The van der Waals surface area contributed by atoms with E-state index in [2.05, 4.69) is 25.3 Å². The van der Waals surface area contributed by atoms with Crippen LogP contribution in [-0.4, -0.2) is 5.75 Å². The van der Waals surface area contributed by atoms with Gasteiger partial charge in [0.1, 0.15) is 0 Å². The van der Waals surface area contributed by atoms with Crippen molar-refractivity contribution in [2.24, 2.45) is 5.41 Å². The van der Waals surface area contributed by atoms with Crippen LogP contribution in [0.15, 0.2) is 11.5 Å². The number of hydrogen-bond donors (Lipinski definition) is 0. The molecule has 0 saturated heterocycles. The molecule has 0 amide bonds. The molecule has 0 bridgehead atoms. The lowest BCUT2D eigenvalue weighted by Gasteiger charge is -2.22. The summed E-state index contributed by atoms with van der Waals surface area (Å²) in [6, 6.07) is 0. The molecular formula is C7H12S. The molecule has 0 radical (unpaired) electrons. The molecule has 0 aliphatic carbocycles. The summed E-state index contributed by atoms with van der Waals surface area (Å²) in [5.74, 6) is 1.30. The Labute approximate surface area is 55.4 Å². The SMILES string of the molecule is CC1(C)C=CSCC1. The maximum absolute atomic E-state index is 2.29. The van der Waals surface area contributed by atoms with Gasteiger partial charge in [-0.3, -0.25) is 0 Å². The molecule has 0 spiro atoms. The molecule has 0 N–H and O–H groups in total. The number of hydrogen-bond acceptors (Lipinski definition) is 1. The summed E-state index contributed by atoms with van der Waals surface area (Å²) >= 11 is 1.92. The van der Waals surface area contributed by atoms with Crippen LogP contribution in [0.25, 0.3) is 0 Å². The van der Waals surface area contributed by atoms with Crippen molar-refractivity contribution in [3.63, 3.8) is 0 Å². The van der Waals surface area contributed by atoms with E-state index in [9.17, 15) is 0 Å². The number of allylic oxidation sites excluding steroid dienone is 1. The van der Waals surface area contributed by atoms with E-state index >= 15 is 0 Å². The molecule has 0 saturated carbocycles. The van der Waals surface area contributed by atoms with Crippen LogP contribution in [-0.2, 0) is 0 Å². The van der Waals surface area contributed by atoms with E-state index in [0.29, 0.717) is 5.41 Å². The lowest BCUT2D eigenvalue weighted by molar-refractivity contribution is 0.464. The Morgan fingerprint density at radius 2 is 2.25 bits per heavy atom. The van der Waals surface area contributed by atoms with Gasteiger partial charge in [0.05, 0.1) is 0 Å². The van der Waals surface area contributed by atoms with Gasteiger partial charge in [-0.1, -0.05) is 19.9 Å². The molecule has 0 aromatic rings. The van der Waals surface area contributed by atoms with Crippen LogP contribution in [0.2, 0.25) is 0 Å². The minimum atomic E-state index is 0.477. The quantitative estimate of drug-likeness (QED) is 0.483. The van der Waals surface area contributed by atoms with Crippen LogP contribution in [0.1, 0.15) is 20.3 Å². The largest absolute Gasteiger partial charge is 0.134 e. The van der Waals surface area contributed by atoms with E-state index in [4.69, 9.17) is 0 Å². The summed E-state index contributed by atoms with van der Waals surface area (Å²) in [5.41, 5.74) is 0.477. The van der Waals surface area contributed by atoms with Crippen molar-refractivity contribution in [1.29, 1.82) is 0 Å². The zero-order valence-electron chi connectivity index (χ0n) is 5.48. The van der Waals surface area contributed by atoms with Crippen LogP contribution in [0.5, 0.6) is 0 Å². The van der Waals surface area contributed by atoms with Crippen molar-refractivity contribution in [3.8, 4) is 0 Å². The highest BCUT2D eigenvalue weighted by atomic mass is 32.2. The molecule has 0 aromatic carbocycles. The fourth-order valence-corrected chi connectivity index (χ4v) is 1.95. The Morgan fingerprint density at radius 3 is 2.50 bits per heavy atom. The normalized spacial score (nSPS) is 25.8. The Morgan fingerprint density at radius 1 is 1.50 bits per heavy atom. The van der Waals surface area contributed by atoms with Gasteiger partial charge in [-0.2, -0.15) is 0 Å². The highest BCUT2D eigenvalue weighted by Crippen LogP contribution is 2.30. The van der Waals surface area contributed by atoms with E-state index in [1.165, 1.54) is 12.2 Å². The first kappa shape index (κ1) is 6.21. The van der Waals surface area contributed by atoms with Crippen molar-refractivity contribution in [2.45, 2.75) is 20.3 Å². The third-order valence-electron chi connectivity index (χ3n) is 1.48. The van der Waals surface area contributed by atoms with E-state index in [1.807, 2.05) is 11.8 Å². The van der Waals surface area contributed by atoms with Gasteiger partial charge in [-0.25, -0.2) is 0 Å². The third-order valence-corrected chi connectivity index (χ3v) is 2.25. The molecule has 0 atom stereocenters. The number of thioether (sulfide) groups is 1. The second-order valence-electron chi connectivity index (χ2n) is 2.91. The number of rotatable bonds is 0. The summed E-state index contributed by atoms with van der Waals surface area (Å²) in [5, 5.41) is 2.21. The molecule has 8 heavy (non-hydrogen) atoms. The molecule has 0 nitrogen and oxygen atoms in total. The lowest BCUT2D eigenvalue weighted by Crippen LogP contribution is -2.10. The first-order valence-electron chi connectivity index (χ1n) is 3.00. The van der Waals surface area contributed by atoms with E-state index < -0.39 is 0 Å². The predicted molar refractivity (Wildman–Crippen MR) is 40.0 cm³/mol. The second-order valence-corrected chi connectivity index (χ2v) is 3.93. The fraction of sp³-hybridized carbons (Fsp3) is 0.714. The maximum Gasteiger partial charge on any atom is -0.00180 e. The highest BCUT2D eigenvalue weighted by Gasteiger charge is 2.15. The summed E-state index contributed by atoms with van der Waals surface area (Å²) in [6.07, 6.45) is 3.62. The smallest absolute Gasteiger partial charge is 0.00180 e. The predicted octanol–water partition coefficient (Wildman–Crippen LogP) is 2.66. The van der Waals surface area contributed by atoms with Crippen LogP contribution in [0, 0.1) is 5.41 Å². The van der Waals surface area contributed by atoms with Crippen molar-refractivity contribution in [1.82, 2.24) is 0 Å². The zero-order chi connectivity index (χ0) is 6.04. The van der Waals surface area contributed by atoms with Gasteiger partial charge >= 0.3 is 0 Å². The molecule has 1 heterocycles. The summed E-state index contributed by atoms with van der Waals surface area (Å²) in [7, 11) is 0. The first-order valence-corrected chi connectivity index (χ1v) is 4.05. The van der Waals surface area contributed by atoms with Gasteiger partial charge in [0.15, 0.2) is 0 Å². The van der Waals surface area contributed by atoms with Crippen molar-refractivity contribution in [3.05, 3.63) is 11.5 Å². The van der Waals surface area contributed by atoms with E-state index in [-0.39, 0.29) is 0 Å². The first-order chi connectivity index (χ1) is 3.71. The summed E-state index contributed by atoms with van der Waals surface area (Å²) in [6.45, 7) is 4.56. The molecular weight excluding hydrogens is 116 g/mol. The minimum Gasteiger partial charge on any atom is -0.134 e. The van der Waals surface area contributed by atoms with Crippen molar-refractivity contribution >= 4 is 11.8 Å². The fourth-order valence-electron chi connectivity index (χ4n) is 0.706. The second kappa shape index (κ2) is 2.14. The molecule has 0 unspecified atom stereocenters. The van der Waals surface area contributed by atoms with Crippen molar-refractivity contribution < 1.29 is 0 Å². The molecule has 0 fully saturated rings. The van der Waals surface area contributed by atoms with Gasteiger partial charge in [0.2, 0.25) is 0 Å². The molecule has 1 heteroatoms. The minimum absolute atomic E-state index is 0.477. The summed E-state index contributed by atoms with van der Waals surface area (Å²) < 4.78 is 0. The summed E-state index contributed by atoms with van der Waals surface area (Å²) in [4.78, 5) is 0. The van der Waals surface area contributed by atoms with Crippen molar-refractivity contribution in [2.75, 3.05) is 5.75 Å².